The topological polar surface area (TPSA) is 92.5 Å². The smallest absolute Gasteiger partial charge is 0.255 e. The van der Waals surface area contributed by atoms with Crippen LogP contribution in [0.25, 0.3) is 0 Å². The Morgan fingerprint density at radius 3 is 2.41 bits per heavy atom. The van der Waals surface area contributed by atoms with E-state index in [2.05, 4.69) is 35.6 Å². The fourth-order valence-electron chi connectivity index (χ4n) is 4.33. The van der Waals surface area contributed by atoms with Gasteiger partial charge >= 0.3 is 0 Å². The van der Waals surface area contributed by atoms with Crippen molar-refractivity contribution in [2.45, 2.75) is 56.0 Å². The Morgan fingerprint density at radius 2 is 1.72 bits per heavy atom. The maximum atomic E-state index is 12.9. The molecular weight excluding hydrogens is 422 g/mol. The van der Waals surface area contributed by atoms with E-state index in [0.29, 0.717) is 18.5 Å². The minimum Gasteiger partial charge on any atom is -0.330 e. The highest BCUT2D eigenvalue weighted by molar-refractivity contribution is 7.99. The SMILES string of the molecule is NCCCc1ccc(CCCSc2cccc3c2CN(C2CCC(=O)NC2=O)C3=O)cc1. The third-order valence-corrected chi connectivity index (χ3v) is 7.29. The van der Waals surface area contributed by atoms with Crippen LogP contribution >= 0.6 is 11.8 Å². The first-order valence-corrected chi connectivity index (χ1v) is 12.2. The lowest BCUT2D eigenvalue weighted by atomic mass is 10.0. The highest BCUT2D eigenvalue weighted by atomic mass is 32.2. The summed E-state index contributed by atoms with van der Waals surface area (Å²) in [6, 6.07) is 14.0. The largest absolute Gasteiger partial charge is 0.330 e. The van der Waals surface area contributed by atoms with Crippen molar-refractivity contribution in [1.29, 1.82) is 0 Å². The molecule has 32 heavy (non-hydrogen) atoms. The fourth-order valence-corrected chi connectivity index (χ4v) is 5.36. The van der Waals surface area contributed by atoms with Gasteiger partial charge < -0.3 is 10.6 Å². The minimum atomic E-state index is -0.571. The van der Waals surface area contributed by atoms with Crippen molar-refractivity contribution in [1.82, 2.24) is 10.2 Å². The number of thioether (sulfide) groups is 1. The van der Waals surface area contributed by atoms with Crippen LogP contribution in [0.3, 0.4) is 0 Å². The number of benzene rings is 2. The van der Waals surface area contributed by atoms with Gasteiger partial charge in [-0.05, 0) is 73.2 Å². The molecule has 0 aromatic heterocycles. The number of hydrogen-bond acceptors (Lipinski definition) is 5. The zero-order chi connectivity index (χ0) is 22.5. The highest BCUT2D eigenvalue weighted by Crippen LogP contribution is 2.34. The molecule has 1 saturated heterocycles. The second kappa shape index (κ2) is 10.3. The Morgan fingerprint density at radius 1 is 1.00 bits per heavy atom. The number of carbonyl (C=O) groups excluding carboxylic acids is 3. The first-order valence-electron chi connectivity index (χ1n) is 11.2. The summed E-state index contributed by atoms with van der Waals surface area (Å²) < 4.78 is 0. The Balaban J connectivity index is 1.33. The minimum absolute atomic E-state index is 0.119. The van der Waals surface area contributed by atoms with Gasteiger partial charge in [0.1, 0.15) is 6.04 Å². The first-order chi connectivity index (χ1) is 15.6. The van der Waals surface area contributed by atoms with Crippen LogP contribution in [0.1, 0.15) is 52.7 Å². The number of nitrogens with two attached hydrogens (primary N) is 1. The molecule has 1 unspecified atom stereocenters. The van der Waals surface area contributed by atoms with Crippen LogP contribution in [0.4, 0.5) is 0 Å². The number of hydrogen-bond donors (Lipinski definition) is 2. The molecule has 3 N–H and O–H groups in total. The van der Waals surface area contributed by atoms with Gasteiger partial charge in [-0.3, -0.25) is 19.7 Å². The molecule has 0 aliphatic carbocycles. The van der Waals surface area contributed by atoms with Crippen molar-refractivity contribution >= 4 is 29.5 Å². The van der Waals surface area contributed by atoms with Crippen molar-refractivity contribution in [3.63, 3.8) is 0 Å². The Hall–Kier alpha value is -2.64. The molecule has 1 fully saturated rings. The van der Waals surface area contributed by atoms with E-state index in [4.69, 9.17) is 5.73 Å². The lowest BCUT2D eigenvalue weighted by molar-refractivity contribution is -0.136. The van der Waals surface area contributed by atoms with E-state index in [1.807, 2.05) is 12.1 Å². The van der Waals surface area contributed by atoms with Crippen LogP contribution in [-0.4, -0.2) is 41.0 Å². The zero-order valence-electron chi connectivity index (χ0n) is 18.1. The van der Waals surface area contributed by atoms with Gasteiger partial charge in [0.05, 0.1) is 0 Å². The maximum Gasteiger partial charge on any atom is 0.255 e. The van der Waals surface area contributed by atoms with E-state index in [1.165, 1.54) is 11.1 Å². The average Bonchev–Trinajstić information content (AvgIpc) is 3.13. The second-order valence-electron chi connectivity index (χ2n) is 8.34. The Labute approximate surface area is 192 Å². The van der Waals surface area contributed by atoms with E-state index in [-0.39, 0.29) is 24.1 Å². The highest BCUT2D eigenvalue weighted by Gasteiger charge is 2.39. The number of rotatable bonds is 9. The lowest BCUT2D eigenvalue weighted by Crippen LogP contribution is -2.52. The molecule has 0 spiro atoms. The van der Waals surface area contributed by atoms with Gasteiger partial charge in [-0.2, -0.15) is 0 Å². The normalized spacial score (nSPS) is 18.1. The van der Waals surface area contributed by atoms with E-state index in [1.54, 1.807) is 16.7 Å². The van der Waals surface area contributed by atoms with Crippen LogP contribution in [-0.2, 0) is 29.0 Å². The number of nitrogens with zero attached hydrogens (tertiary/aromatic N) is 1. The van der Waals surface area contributed by atoms with Crippen molar-refractivity contribution in [2.24, 2.45) is 5.73 Å². The molecule has 1 atom stereocenters. The van der Waals surface area contributed by atoms with Crippen molar-refractivity contribution in [2.75, 3.05) is 12.3 Å². The molecule has 7 heteroatoms. The van der Waals surface area contributed by atoms with Crippen molar-refractivity contribution in [3.05, 3.63) is 64.7 Å². The van der Waals surface area contributed by atoms with Crippen molar-refractivity contribution in [3.8, 4) is 0 Å². The number of aryl methyl sites for hydroxylation is 2. The third kappa shape index (κ3) is 5.05. The summed E-state index contributed by atoms with van der Waals surface area (Å²) in [5, 5.41) is 2.36. The summed E-state index contributed by atoms with van der Waals surface area (Å²) >= 11 is 1.76. The zero-order valence-corrected chi connectivity index (χ0v) is 19.0. The van der Waals surface area contributed by atoms with E-state index in [0.717, 1.165) is 48.4 Å². The molecule has 3 amide bonds. The summed E-state index contributed by atoms with van der Waals surface area (Å²) in [5.41, 5.74) is 9.92. The molecule has 0 bridgehead atoms. The van der Waals surface area contributed by atoms with Crippen LogP contribution in [0.5, 0.6) is 0 Å². The van der Waals surface area contributed by atoms with Crippen molar-refractivity contribution < 1.29 is 14.4 Å². The molecule has 168 valence electrons. The second-order valence-corrected chi connectivity index (χ2v) is 9.48. The number of amides is 3. The number of piperidine rings is 1. The molecule has 2 aliphatic rings. The van der Waals surface area contributed by atoms with Crippen LogP contribution in [0.2, 0.25) is 0 Å². The fraction of sp³-hybridized carbons (Fsp3) is 0.400. The lowest BCUT2D eigenvalue weighted by Gasteiger charge is -2.29. The monoisotopic (exact) mass is 451 g/mol. The van der Waals surface area contributed by atoms with Crippen LogP contribution in [0, 0.1) is 0 Å². The van der Waals surface area contributed by atoms with E-state index in [9.17, 15) is 14.4 Å². The summed E-state index contributed by atoms with van der Waals surface area (Å²) in [6.45, 7) is 1.15. The van der Waals surface area contributed by atoms with Gasteiger partial charge in [0.2, 0.25) is 11.8 Å². The van der Waals surface area contributed by atoms with Gasteiger partial charge in [0.25, 0.3) is 5.91 Å². The molecule has 2 aromatic carbocycles. The molecular formula is C25H29N3O3S. The molecule has 0 saturated carbocycles. The quantitative estimate of drug-likeness (QED) is 0.347. The summed E-state index contributed by atoms with van der Waals surface area (Å²) in [4.78, 5) is 39.3. The molecule has 2 aromatic rings. The average molecular weight is 452 g/mol. The molecule has 4 rings (SSSR count). The summed E-state index contributed by atoms with van der Waals surface area (Å²) in [5.74, 6) is 0.201. The Bertz CT molecular complexity index is 1010. The van der Waals surface area contributed by atoms with Gasteiger partial charge in [0.15, 0.2) is 0 Å². The van der Waals surface area contributed by atoms with E-state index < -0.39 is 6.04 Å². The third-order valence-electron chi connectivity index (χ3n) is 6.10. The number of nitrogens with one attached hydrogen (secondary N) is 1. The summed E-state index contributed by atoms with van der Waals surface area (Å²) in [7, 11) is 0. The molecule has 2 aliphatic heterocycles. The van der Waals surface area contributed by atoms with Gasteiger partial charge in [0, 0.05) is 23.4 Å². The predicted molar refractivity (Wildman–Crippen MR) is 125 cm³/mol. The predicted octanol–water partition coefficient (Wildman–Crippen LogP) is 3.06. The molecule has 2 heterocycles. The first kappa shape index (κ1) is 22.6. The van der Waals surface area contributed by atoms with Gasteiger partial charge in [-0.1, -0.05) is 30.3 Å². The standard InChI is InChI=1S/C25H29N3O3S/c26-14-2-4-17-8-10-18(11-9-17)5-3-15-32-22-7-1-6-19-20(22)16-28(25(19)31)21-12-13-23(29)27-24(21)30/h1,6-11,21H,2-5,12-16,26H2,(H,27,29,30). The van der Waals surface area contributed by atoms with Crippen LogP contribution < -0.4 is 11.1 Å². The van der Waals surface area contributed by atoms with Crippen LogP contribution in [0.15, 0.2) is 47.4 Å². The van der Waals surface area contributed by atoms with E-state index >= 15 is 0 Å². The summed E-state index contributed by atoms with van der Waals surface area (Å²) in [6.07, 6.45) is 4.76. The maximum absolute atomic E-state index is 12.9. The number of carbonyl (C=O) groups is 3. The molecule has 6 nitrogen and oxygen atoms in total. The Kier molecular flexibility index (Phi) is 7.27. The molecule has 0 radical (unpaired) electrons. The number of imide groups is 1. The van der Waals surface area contributed by atoms with Gasteiger partial charge in [-0.15, -0.1) is 11.8 Å². The number of fused-ring (bicyclic) bond motifs is 1. The van der Waals surface area contributed by atoms with Gasteiger partial charge in [-0.25, -0.2) is 0 Å².